The first-order valence-electron chi connectivity index (χ1n) is 6.45. The van der Waals surface area contributed by atoms with E-state index in [2.05, 4.69) is 24.1 Å². The summed E-state index contributed by atoms with van der Waals surface area (Å²) in [4.78, 5) is 2.50. The summed E-state index contributed by atoms with van der Waals surface area (Å²) in [7, 11) is 0. The van der Waals surface area contributed by atoms with Crippen molar-refractivity contribution in [3.8, 4) is 0 Å². The summed E-state index contributed by atoms with van der Waals surface area (Å²) in [6.45, 7) is 10.2. The van der Waals surface area contributed by atoms with E-state index in [-0.39, 0.29) is 0 Å². The smallest absolute Gasteiger partial charge is 0.0201 e. The van der Waals surface area contributed by atoms with Gasteiger partial charge in [0.1, 0.15) is 0 Å². The van der Waals surface area contributed by atoms with Crippen LogP contribution in [-0.4, -0.2) is 37.6 Å². The summed E-state index contributed by atoms with van der Waals surface area (Å²) in [5.41, 5.74) is 2.97. The lowest BCUT2D eigenvalue weighted by Gasteiger charge is -2.32. The van der Waals surface area contributed by atoms with Gasteiger partial charge in [-0.05, 0) is 63.9 Å². The van der Waals surface area contributed by atoms with Crippen molar-refractivity contribution < 1.29 is 0 Å². The molecular weight excluding hydrogens is 220 g/mol. The van der Waals surface area contributed by atoms with E-state index in [1.807, 2.05) is 0 Å². The highest BCUT2D eigenvalue weighted by Crippen LogP contribution is 2.17. The van der Waals surface area contributed by atoms with E-state index in [0.717, 1.165) is 19.0 Å². The second-order valence-corrected chi connectivity index (χ2v) is 5.10. The van der Waals surface area contributed by atoms with Gasteiger partial charge in [0.25, 0.3) is 0 Å². The van der Waals surface area contributed by atoms with Crippen molar-refractivity contribution in [1.82, 2.24) is 10.2 Å². The van der Waals surface area contributed by atoms with Crippen molar-refractivity contribution in [3.05, 3.63) is 11.1 Å². The lowest BCUT2D eigenvalue weighted by molar-refractivity contribution is 0.195. The molecular formula is C13H25ClN2. The van der Waals surface area contributed by atoms with Crippen LogP contribution in [0.4, 0.5) is 0 Å². The summed E-state index contributed by atoms with van der Waals surface area (Å²) in [5, 5.41) is 3.52. The zero-order valence-corrected chi connectivity index (χ0v) is 11.4. The molecule has 0 aliphatic carbocycles. The predicted molar refractivity (Wildman–Crippen MR) is 71.9 cm³/mol. The van der Waals surface area contributed by atoms with Gasteiger partial charge in [0.05, 0.1) is 0 Å². The molecule has 2 nitrogen and oxygen atoms in total. The number of halogens is 1. The van der Waals surface area contributed by atoms with Gasteiger partial charge in [0.15, 0.2) is 0 Å². The molecule has 0 amide bonds. The molecule has 0 aromatic carbocycles. The Morgan fingerprint density at radius 3 is 2.69 bits per heavy atom. The van der Waals surface area contributed by atoms with Crippen LogP contribution in [-0.2, 0) is 0 Å². The maximum Gasteiger partial charge on any atom is 0.0201 e. The first-order chi connectivity index (χ1) is 7.76. The molecule has 94 valence electrons. The van der Waals surface area contributed by atoms with Crippen LogP contribution in [0.3, 0.4) is 0 Å². The quantitative estimate of drug-likeness (QED) is 0.723. The number of likely N-dealkylation sites (tertiary alicyclic amines) is 1. The first kappa shape index (κ1) is 14.0. The Balaban J connectivity index is 2.13. The Morgan fingerprint density at radius 1 is 1.44 bits per heavy atom. The molecule has 0 saturated carbocycles. The zero-order valence-electron chi connectivity index (χ0n) is 10.6. The third-order valence-electron chi connectivity index (χ3n) is 3.23. The Kier molecular flexibility index (Phi) is 7.10. The molecule has 1 aliphatic rings. The predicted octanol–water partition coefficient (Wildman–Crippen LogP) is 2.84. The highest BCUT2D eigenvalue weighted by atomic mass is 35.5. The van der Waals surface area contributed by atoms with Gasteiger partial charge in [0.2, 0.25) is 0 Å². The van der Waals surface area contributed by atoms with Gasteiger partial charge < -0.3 is 5.32 Å². The topological polar surface area (TPSA) is 15.3 Å². The summed E-state index contributed by atoms with van der Waals surface area (Å²) in [5.74, 6) is 0.878. The van der Waals surface area contributed by atoms with Crippen LogP contribution < -0.4 is 5.32 Å². The van der Waals surface area contributed by atoms with Crippen LogP contribution in [0.1, 0.15) is 33.1 Å². The van der Waals surface area contributed by atoms with Crippen molar-refractivity contribution in [2.45, 2.75) is 33.1 Å². The molecule has 1 rings (SSSR count). The van der Waals surface area contributed by atoms with Gasteiger partial charge in [-0.3, -0.25) is 4.90 Å². The maximum atomic E-state index is 5.69. The van der Waals surface area contributed by atoms with Crippen molar-refractivity contribution in [3.63, 3.8) is 0 Å². The Bertz CT molecular complexity index is 208. The van der Waals surface area contributed by atoms with Crippen LogP contribution in [0.5, 0.6) is 0 Å². The average Bonchev–Trinajstić information content (AvgIpc) is 2.31. The van der Waals surface area contributed by atoms with Gasteiger partial charge in [-0.2, -0.15) is 0 Å². The minimum atomic E-state index is 0.878. The monoisotopic (exact) mass is 244 g/mol. The lowest BCUT2D eigenvalue weighted by atomic mass is 9.96. The Labute approximate surface area is 105 Å². The van der Waals surface area contributed by atoms with Crippen LogP contribution >= 0.6 is 11.6 Å². The first-order valence-corrected chi connectivity index (χ1v) is 6.88. The van der Waals surface area contributed by atoms with Crippen LogP contribution in [0.25, 0.3) is 0 Å². The van der Waals surface area contributed by atoms with Crippen molar-refractivity contribution in [1.29, 1.82) is 0 Å². The highest BCUT2D eigenvalue weighted by molar-refractivity contribution is 6.25. The number of hydrogen-bond acceptors (Lipinski definition) is 2. The van der Waals surface area contributed by atoms with E-state index >= 15 is 0 Å². The second kappa shape index (κ2) is 8.10. The fourth-order valence-electron chi connectivity index (χ4n) is 2.22. The molecule has 0 radical (unpaired) electrons. The van der Waals surface area contributed by atoms with Crippen LogP contribution in [0.15, 0.2) is 11.1 Å². The summed E-state index contributed by atoms with van der Waals surface area (Å²) >= 11 is 5.69. The molecule has 0 unspecified atom stereocenters. The largest absolute Gasteiger partial charge is 0.316 e. The summed E-state index contributed by atoms with van der Waals surface area (Å²) < 4.78 is 0. The van der Waals surface area contributed by atoms with Gasteiger partial charge in [0, 0.05) is 12.1 Å². The fraction of sp³-hybridized carbons (Fsp3) is 0.846. The van der Waals surface area contributed by atoms with Gasteiger partial charge >= 0.3 is 0 Å². The van der Waals surface area contributed by atoms with Crippen LogP contribution in [0, 0.1) is 5.92 Å². The van der Waals surface area contributed by atoms with E-state index in [1.165, 1.54) is 44.5 Å². The minimum Gasteiger partial charge on any atom is -0.316 e. The summed E-state index contributed by atoms with van der Waals surface area (Å²) in [6, 6.07) is 0. The van der Waals surface area contributed by atoms with Crippen LogP contribution in [0.2, 0.25) is 0 Å². The van der Waals surface area contributed by atoms with E-state index in [1.54, 1.807) is 5.54 Å². The molecule has 1 saturated heterocycles. The van der Waals surface area contributed by atoms with E-state index < -0.39 is 0 Å². The molecule has 1 aliphatic heterocycles. The SMILES string of the molecule is CCCNCC1CCN(CC(C)=CCl)CC1. The van der Waals surface area contributed by atoms with Gasteiger partial charge in [-0.1, -0.05) is 18.5 Å². The second-order valence-electron chi connectivity index (χ2n) is 4.88. The third-order valence-corrected chi connectivity index (χ3v) is 3.60. The molecule has 0 aromatic heterocycles. The normalized spacial score (nSPS) is 20.3. The molecule has 0 aromatic rings. The number of hydrogen-bond donors (Lipinski definition) is 1. The molecule has 0 spiro atoms. The Hall–Kier alpha value is -0.0500. The molecule has 3 heteroatoms. The van der Waals surface area contributed by atoms with Gasteiger partial charge in [-0.15, -0.1) is 0 Å². The third kappa shape index (κ3) is 5.33. The number of rotatable bonds is 6. The highest BCUT2D eigenvalue weighted by Gasteiger charge is 2.18. The molecule has 1 N–H and O–H groups in total. The van der Waals surface area contributed by atoms with Gasteiger partial charge in [-0.25, -0.2) is 0 Å². The Morgan fingerprint density at radius 2 is 2.12 bits per heavy atom. The van der Waals surface area contributed by atoms with Crippen molar-refractivity contribution in [2.75, 3.05) is 32.7 Å². The number of nitrogens with zero attached hydrogens (tertiary/aromatic N) is 1. The van der Waals surface area contributed by atoms with E-state index in [0.29, 0.717) is 0 Å². The molecule has 0 atom stereocenters. The molecule has 1 heterocycles. The maximum absolute atomic E-state index is 5.69. The fourth-order valence-corrected chi connectivity index (χ4v) is 2.29. The molecule has 0 bridgehead atoms. The molecule has 16 heavy (non-hydrogen) atoms. The summed E-state index contributed by atoms with van der Waals surface area (Å²) in [6.07, 6.45) is 3.89. The van der Waals surface area contributed by atoms with Crippen molar-refractivity contribution in [2.24, 2.45) is 5.92 Å². The standard InChI is InChI=1S/C13H25ClN2/c1-3-6-15-10-13-4-7-16(8-5-13)11-12(2)9-14/h9,13,15H,3-8,10-11H2,1-2H3. The minimum absolute atomic E-state index is 0.878. The lowest BCUT2D eigenvalue weighted by Crippen LogP contribution is -2.38. The average molecular weight is 245 g/mol. The number of piperidine rings is 1. The van der Waals surface area contributed by atoms with E-state index in [4.69, 9.17) is 11.6 Å². The van der Waals surface area contributed by atoms with Crippen molar-refractivity contribution >= 4 is 11.6 Å². The zero-order chi connectivity index (χ0) is 11.8. The van der Waals surface area contributed by atoms with E-state index in [9.17, 15) is 0 Å². The molecule has 1 fully saturated rings. The number of nitrogens with one attached hydrogen (secondary N) is 1.